The van der Waals surface area contributed by atoms with Gasteiger partial charge < -0.3 is 5.32 Å². The minimum Gasteiger partial charge on any atom is -0.355 e. The lowest BCUT2D eigenvalue weighted by atomic mass is 10.0. The number of aryl methyl sites for hydroxylation is 1. The molecule has 126 valence electrons. The van der Waals surface area contributed by atoms with Crippen LogP contribution in [0, 0.1) is 6.92 Å². The van der Waals surface area contributed by atoms with Gasteiger partial charge in [-0.05, 0) is 30.7 Å². The van der Waals surface area contributed by atoms with Gasteiger partial charge in [-0.1, -0.05) is 18.2 Å². The van der Waals surface area contributed by atoms with Crippen LogP contribution in [0.25, 0.3) is 5.70 Å². The number of anilines is 1. The van der Waals surface area contributed by atoms with Crippen molar-refractivity contribution in [2.24, 2.45) is 0 Å². The number of hydrogen-bond donors (Lipinski definition) is 1. The summed E-state index contributed by atoms with van der Waals surface area (Å²) in [6, 6.07) is 3.50. The second-order valence-electron chi connectivity index (χ2n) is 5.31. The predicted molar refractivity (Wildman–Crippen MR) is 82.0 cm³/mol. The van der Waals surface area contributed by atoms with Crippen LogP contribution in [-0.4, -0.2) is 4.98 Å². The van der Waals surface area contributed by atoms with Gasteiger partial charge in [0.05, 0.1) is 16.1 Å². The van der Waals surface area contributed by atoms with Crippen LogP contribution in [0.3, 0.4) is 0 Å². The average molecular weight is 359 g/mol. The molecular formula is C16H11ClF4N2O. The highest BCUT2D eigenvalue weighted by Gasteiger charge is 2.57. The van der Waals surface area contributed by atoms with Gasteiger partial charge in [-0.3, -0.25) is 4.98 Å². The standard InChI is InChI=1S/C16H11ClF4N2O/c1-8-5-11-12(16(20,21)24-15(11,18)19)6-14(8)23-9(2)10-3-4-22-7-13(10)17/h3-7,23H,2H2,1H3. The summed E-state index contributed by atoms with van der Waals surface area (Å²) in [5.74, 6) is 0. The highest BCUT2D eigenvalue weighted by molar-refractivity contribution is 6.32. The van der Waals surface area contributed by atoms with E-state index in [1.54, 1.807) is 6.07 Å². The smallest absolute Gasteiger partial charge is 0.355 e. The summed E-state index contributed by atoms with van der Waals surface area (Å²) in [7, 11) is 0. The van der Waals surface area contributed by atoms with Crippen LogP contribution in [0.4, 0.5) is 23.2 Å². The molecule has 0 amide bonds. The summed E-state index contributed by atoms with van der Waals surface area (Å²) < 4.78 is 58.1. The Morgan fingerprint density at radius 1 is 1.21 bits per heavy atom. The lowest BCUT2D eigenvalue weighted by Gasteiger charge is -2.15. The van der Waals surface area contributed by atoms with E-state index in [1.807, 2.05) is 0 Å². The van der Waals surface area contributed by atoms with Crippen molar-refractivity contribution in [3.63, 3.8) is 0 Å². The Labute approximate surface area is 139 Å². The van der Waals surface area contributed by atoms with E-state index in [2.05, 4.69) is 21.6 Å². The molecule has 1 aliphatic heterocycles. The normalized spacial score (nSPS) is 17.4. The molecule has 1 aliphatic rings. The Bertz CT molecular complexity index is 839. The predicted octanol–water partition coefficient (Wildman–Crippen LogP) is 5.26. The van der Waals surface area contributed by atoms with Crippen molar-refractivity contribution in [1.29, 1.82) is 0 Å². The largest absolute Gasteiger partial charge is 0.388 e. The zero-order valence-corrected chi connectivity index (χ0v) is 13.1. The molecule has 1 N–H and O–H groups in total. The number of nitrogens with zero attached hydrogens (tertiary/aromatic N) is 1. The van der Waals surface area contributed by atoms with Crippen LogP contribution < -0.4 is 5.32 Å². The van der Waals surface area contributed by atoms with Crippen LogP contribution >= 0.6 is 11.6 Å². The molecule has 0 spiro atoms. The fourth-order valence-electron chi connectivity index (χ4n) is 2.44. The summed E-state index contributed by atoms with van der Waals surface area (Å²) in [4.78, 5) is 3.83. The average Bonchev–Trinajstić information content (AvgIpc) is 2.65. The summed E-state index contributed by atoms with van der Waals surface area (Å²) >= 11 is 6.00. The summed E-state index contributed by atoms with van der Waals surface area (Å²) in [6.07, 6.45) is -5.21. The Kier molecular flexibility index (Phi) is 3.80. The van der Waals surface area contributed by atoms with Crippen molar-refractivity contribution >= 4 is 23.0 Å². The Morgan fingerprint density at radius 2 is 1.83 bits per heavy atom. The van der Waals surface area contributed by atoms with Gasteiger partial charge >= 0.3 is 12.2 Å². The third-order valence-corrected chi connectivity index (χ3v) is 3.93. The third kappa shape index (κ3) is 2.74. The van der Waals surface area contributed by atoms with Crippen molar-refractivity contribution in [2.75, 3.05) is 5.32 Å². The molecule has 0 atom stereocenters. The van der Waals surface area contributed by atoms with Gasteiger partial charge in [0.15, 0.2) is 0 Å². The topological polar surface area (TPSA) is 34.1 Å². The quantitative estimate of drug-likeness (QED) is 0.760. The second-order valence-corrected chi connectivity index (χ2v) is 5.71. The van der Waals surface area contributed by atoms with E-state index in [0.29, 0.717) is 21.8 Å². The fraction of sp³-hybridized carbons (Fsp3) is 0.188. The first-order chi connectivity index (χ1) is 11.1. The maximum Gasteiger partial charge on any atom is 0.388 e. The molecule has 0 aliphatic carbocycles. The first kappa shape index (κ1) is 16.7. The SMILES string of the molecule is C=C(Nc1cc2c(cc1C)C(F)(F)OC2(F)F)c1ccncc1Cl. The Morgan fingerprint density at radius 3 is 2.46 bits per heavy atom. The molecule has 8 heteroatoms. The zero-order valence-electron chi connectivity index (χ0n) is 12.3. The lowest BCUT2D eigenvalue weighted by Crippen LogP contribution is -2.17. The van der Waals surface area contributed by atoms with Crippen LogP contribution in [0.5, 0.6) is 0 Å². The molecule has 24 heavy (non-hydrogen) atoms. The van der Waals surface area contributed by atoms with E-state index >= 15 is 0 Å². The number of nitrogens with one attached hydrogen (secondary N) is 1. The van der Waals surface area contributed by atoms with Gasteiger partial charge in [-0.15, -0.1) is 0 Å². The summed E-state index contributed by atoms with van der Waals surface area (Å²) in [5, 5.41) is 3.14. The van der Waals surface area contributed by atoms with E-state index in [9.17, 15) is 17.6 Å². The van der Waals surface area contributed by atoms with Crippen LogP contribution in [0.2, 0.25) is 5.02 Å². The highest BCUT2D eigenvalue weighted by Crippen LogP contribution is 2.52. The minimum absolute atomic E-state index is 0.201. The van der Waals surface area contributed by atoms with E-state index in [-0.39, 0.29) is 5.69 Å². The van der Waals surface area contributed by atoms with E-state index in [0.717, 1.165) is 12.1 Å². The van der Waals surface area contributed by atoms with Crippen molar-refractivity contribution in [3.05, 3.63) is 64.4 Å². The summed E-state index contributed by atoms with van der Waals surface area (Å²) in [6.45, 7) is 5.30. The van der Waals surface area contributed by atoms with E-state index < -0.39 is 23.3 Å². The molecule has 2 heterocycles. The Balaban J connectivity index is 2.00. The number of rotatable bonds is 3. The molecule has 0 saturated carbocycles. The van der Waals surface area contributed by atoms with Gasteiger partial charge in [0.1, 0.15) is 0 Å². The van der Waals surface area contributed by atoms with Gasteiger partial charge in [-0.25, -0.2) is 4.74 Å². The molecule has 0 unspecified atom stereocenters. The number of pyridine rings is 1. The van der Waals surface area contributed by atoms with Crippen LogP contribution in [0.15, 0.2) is 37.2 Å². The number of benzene rings is 1. The van der Waals surface area contributed by atoms with Gasteiger partial charge in [0.2, 0.25) is 0 Å². The zero-order chi connectivity index (χ0) is 17.7. The number of fused-ring (bicyclic) bond motifs is 1. The molecule has 0 radical (unpaired) electrons. The maximum atomic E-state index is 13.7. The van der Waals surface area contributed by atoms with Crippen molar-refractivity contribution in [3.8, 4) is 0 Å². The third-order valence-electron chi connectivity index (χ3n) is 3.63. The van der Waals surface area contributed by atoms with Crippen molar-refractivity contribution in [1.82, 2.24) is 4.98 Å². The first-order valence-electron chi connectivity index (χ1n) is 6.79. The monoisotopic (exact) mass is 358 g/mol. The van der Waals surface area contributed by atoms with Gasteiger partial charge in [0, 0.05) is 29.3 Å². The summed E-state index contributed by atoms with van der Waals surface area (Å²) in [5.41, 5.74) is -0.356. The molecule has 1 aromatic carbocycles. The molecule has 1 aromatic heterocycles. The van der Waals surface area contributed by atoms with Gasteiger partial charge in [-0.2, -0.15) is 17.6 Å². The van der Waals surface area contributed by atoms with E-state index in [1.165, 1.54) is 19.3 Å². The number of hydrogen-bond acceptors (Lipinski definition) is 3. The number of ether oxygens (including phenoxy) is 1. The molecular weight excluding hydrogens is 348 g/mol. The molecule has 2 aromatic rings. The lowest BCUT2D eigenvalue weighted by molar-refractivity contribution is -0.369. The van der Waals surface area contributed by atoms with Gasteiger partial charge in [0.25, 0.3) is 0 Å². The van der Waals surface area contributed by atoms with Crippen molar-refractivity contribution in [2.45, 2.75) is 19.1 Å². The molecule has 0 saturated heterocycles. The van der Waals surface area contributed by atoms with E-state index in [4.69, 9.17) is 11.6 Å². The minimum atomic E-state index is -4.07. The highest BCUT2D eigenvalue weighted by atomic mass is 35.5. The molecule has 0 bridgehead atoms. The second kappa shape index (κ2) is 5.46. The number of alkyl halides is 4. The fourth-order valence-corrected chi connectivity index (χ4v) is 2.68. The number of halogens is 5. The molecule has 3 nitrogen and oxygen atoms in total. The number of aromatic nitrogens is 1. The van der Waals surface area contributed by atoms with Crippen LogP contribution in [-0.2, 0) is 17.0 Å². The molecule has 0 fully saturated rings. The van der Waals surface area contributed by atoms with Crippen LogP contribution in [0.1, 0.15) is 22.3 Å². The maximum absolute atomic E-state index is 13.7. The first-order valence-corrected chi connectivity index (χ1v) is 7.17. The molecule has 3 rings (SSSR count). The Hall–Kier alpha value is -2.12. The van der Waals surface area contributed by atoms with Crippen molar-refractivity contribution < 1.29 is 22.3 Å².